The minimum atomic E-state index is -0.936. The maximum atomic E-state index is 10.0. The number of aliphatic hydroxyl groups is 1. The van der Waals surface area contributed by atoms with Gasteiger partial charge in [-0.3, -0.25) is 4.99 Å². The fourth-order valence-electron chi connectivity index (χ4n) is 1.42. The van der Waals surface area contributed by atoms with Crippen molar-refractivity contribution in [3.05, 3.63) is 27.7 Å². The van der Waals surface area contributed by atoms with Crippen LogP contribution in [0.25, 0.3) is 0 Å². The molecule has 0 aromatic heterocycles. The first-order valence-corrected chi connectivity index (χ1v) is 5.39. The Morgan fingerprint density at radius 1 is 1.47 bits per heavy atom. The van der Waals surface area contributed by atoms with E-state index in [9.17, 15) is 5.11 Å². The van der Waals surface area contributed by atoms with Gasteiger partial charge in [-0.25, -0.2) is 0 Å². The largest absolute Gasteiger partial charge is 0.398 e. The quantitative estimate of drug-likeness (QED) is 0.640. The van der Waals surface area contributed by atoms with Crippen LogP contribution in [-0.2, 0) is 5.60 Å². The Morgan fingerprint density at radius 2 is 2.07 bits per heavy atom. The van der Waals surface area contributed by atoms with Crippen LogP contribution in [0.15, 0.2) is 21.6 Å². The zero-order chi connectivity index (χ0) is 11.6. The van der Waals surface area contributed by atoms with E-state index < -0.39 is 5.60 Å². The molecule has 0 amide bonds. The van der Waals surface area contributed by atoms with Crippen LogP contribution in [-0.4, -0.2) is 18.4 Å². The maximum absolute atomic E-state index is 10.0. The van der Waals surface area contributed by atoms with Crippen molar-refractivity contribution in [1.82, 2.24) is 0 Å². The molecular formula is C11H15BrN2O. The third-order valence-electron chi connectivity index (χ3n) is 2.09. The topological polar surface area (TPSA) is 58.6 Å². The van der Waals surface area contributed by atoms with Crippen LogP contribution in [0.5, 0.6) is 0 Å². The van der Waals surface area contributed by atoms with Crippen molar-refractivity contribution < 1.29 is 5.11 Å². The smallest absolute Gasteiger partial charge is 0.0848 e. The number of hydrogen-bond donors (Lipinski definition) is 2. The first kappa shape index (κ1) is 12.2. The van der Waals surface area contributed by atoms with E-state index in [2.05, 4.69) is 20.9 Å². The van der Waals surface area contributed by atoms with E-state index in [0.29, 0.717) is 5.69 Å². The lowest BCUT2D eigenvalue weighted by molar-refractivity contribution is 0.0785. The molecule has 0 fully saturated rings. The van der Waals surface area contributed by atoms with Gasteiger partial charge in [-0.2, -0.15) is 0 Å². The normalized spacial score (nSPS) is 12.3. The lowest BCUT2D eigenvalue weighted by Gasteiger charge is -2.21. The highest BCUT2D eigenvalue weighted by Crippen LogP contribution is 2.30. The summed E-state index contributed by atoms with van der Waals surface area (Å²) in [6.45, 7) is 3.45. The minimum absolute atomic E-state index is 0.604. The second kappa shape index (κ2) is 4.33. The number of halogens is 1. The van der Waals surface area contributed by atoms with E-state index in [1.807, 2.05) is 6.07 Å². The van der Waals surface area contributed by atoms with Gasteiger partial charge >= 0.3 is 0 Å². The van der Waals surface area contributed by atoms with Crippen LogP contribution < -0.4 is 5.73 Å². The Bertz CT molecular complexity index is 394. The molecule has 15 heavy (non-hydrogen) atoms. The number of nitrogen functional groups attached to an aromatic ring is 1. The molecule has 0 spiro atoms. The summed E-state index contributed by atoms with van der Waals surface area (Å²) in [4.78, 5) is 3.94. The molecule has 0 saturated carbocycles. The van der Waals surface area contributed by atoms with Crippen molar-refractivity contribution in [2.75, 3.05) is 12.8 Å². The highest BCUT2D eigenvalue weighted by molar-refractivity contribution is 9.10. The van der Waals surface area contributed by atoms with Crippen LogP contribution in [0, 0.1) is 0 Å². The first-order chi connectivity index (χ1) is 6.86. The molecule has 1 aromatic rings. The third kappa shape index (κ3) is 2.79. The van der Waals surface area contributed by atoms with Gasteiger partial charge in [-0.15, -0.1) is 0 Å². The fourth-order valence-corrected chi connectivity index (χ4v) is 1.89. The van der Waals surface area contributed by atoms with Crippen LogP contribution in [0.2, 0.25) is 0 Å². The number of rotatable bonds is 2. The highest BCUT2D eigenvalue weighted by Gasteiger charge is 2.21. The van der Waals surface area contributed by atoms with Crippen LogP contribution in [0.3, 0.4) is 0 Å². The number of hydrogen-bond acceptors (Lipinski definition) is 3. The first-order valence-electron chi connectivity index (χ1n) is 4.60. The average Bonchev–Trinajstić information content (AvgIpc) is 2.07. The molecule has 1 aromatic carbocycles. The van der Waals surface area contributed by atoms with E-state index in [0.717, 1.165) is 15.6 Å². The van der Waals surface area contributed by atoms with Crippen molar-refractivity contribution in [3.8, 4) is 0 Å². The molecule has 0 saturated heterocycles. The molecule has 0 aliphatic heterocycles. The van der Waals surface area contributed by atoms with E-state index in [4.69, 9.17) is 5.73 Å². The molecular weight excluding hydrogens is 256 g/mol. The summed E-state index contributed by atoms with van der Waals surface area (Å²) in [5, 5.41) is 10.0. The Balaban J connectivity index is 3.47. The summed E-state index contributed by atoms with van der Waals surface area (Å²) in [6, 6.07) is 3.65. The molecule has 3 N–H and O–H groups in total. The third-order valence-corrected chi connectivity index (χ3v) is 2.55. The molecule has 82 valence electrons. The number of benzene rings is 1. The Hall–Kier alpha value is -0.870. The maximum Gasteiger partial charge on any atom is 0.0848 e. The molecule has 0 unspecified atom stereocenters. The van der Waals surface area contributed by atoms with Crippen molar-refractivity contribution in [2.45, 2.75) is 19.4 Å². The van der Waals surface area contributed by atoms with Gasteiger partial charge < -0.3 is 10.8 Å². The summed E-state index contributed by atoms with van der Waals surface area (Å²) in [6.07, 6.45) is 1.66. The average molecular weight is 271 g/mol. The molecule has 0 radical (unpaired) electrons. The molecule has 0 atom stereocenters. The number of nitrogens with zero attached hydrogens (tertiary/aromatic N) is 1. The summed E-state index contributed by atoms with van der Waals surface area (Å²) < 4.78 is 0.852. The molecule has 3 nitrogen and oxygen atoms in total. The molecule has 0 aliphatic carbocycles. The van der Waals surface area contributed by atoms with Crippen molar-refractivity contribution in [1.29, 1.82) is 0 Å². The molecule has 0 bridgehead atoms. The van der Waals surface area contributed by atoms with Gasteiger partial charge in [0.25, 0.3) is 0 Å². The fraction of sp³-hybridized carbons (Fsp3) is 0.364. The molecule has 1 rings (SSSR count). The monoisotopic (exact) mass is 270 g/mol. The SMILES string of the molecule is CN=Cc1c(N)cc(Br)cc1C(C)(C)O. The zero-order valence-corrected chi connectivity index (χ0v) is 10.7. The van der Waals surface area contributed by atoms with Gasteiger partial charge in [-0.05, 0) is 31.5 Å². The van der Waals surface area contributed by atoms with Gasteiger partial charge in [0.05, 0.1) is 5.60 Å². The predicted molar refractivity (Wildman–Crippen MR) is 67.3 cm³/mol. The lowest BCUT2D eigenvalue weighted by Crippen LogP contribution is -2.19. The van der Waals surface area contributed by atoms with Crippen LogP contribution >= 0.6 is 15.9 Å². The lowest BCUT2D eigenvalue weighted by atomic mass is 9.92. The van der Waals surface area contributed by atoms with E-state index in [-0.39, 0.29) is 0 Å². The van der Waals surface area contributed by atoms with Crippen LogP contribution in [0.4, 0.5) is 5.69 Å². The van der Waals surface area contributed by atoms with Gasteiger partial charge in [-0.1, -0.05) is 15.9 Å². The molecule has 0 heterocycles. The standard InChI is InChI=1S/C11H15BrN2O/c1-11(2,15)9-4-7(12)5-10(13)8(9)6-14-3/h4-6,15H,13H2,1-3H3. The second-order valence-corrected chi connectivity index (χ2v) is 4.82. The number of anilines is 1. The zero-order valence-electron chi connectivity index (χ0n) is 9.08. The second-order valence-electron chi connectivity index (χ2n) is 3.90. The van der Waals surface area contributed by atoms with E-state index >= 15 is 0 Å². The minimum Gasteiger partial charge on any atom is -0.398 e. The predicted octanol–water partition coefficient (Wildman–Crippen LogP) is 2.31. The number of aliphatic imine (C=N–C) groups is 1. The van der Waals surface area contributed by atoms with Gasteiger partial charge in [0, 0.05) is 29.0 Å². The summed E-state index contributed by atoms with van der Waals surface area (Å²) >= 11 is 3.36. The summed E-state index contributed by atoms with van der Waals surface area (Å²) in [5.41, 5.74) is 7.08. The van der Waals surface area contributed by atoms with Crippen molar-refractivity contribution in [3.63, 3.8) is 0 Å². The Kier molecular flexibility index (Phi) is 3.52. The number of nitrogens with two attached hydrogens (primary N) is 1. The van der Waals surface area contributed by atoms with Crippen molar-refractivity contribution >= 4 is 27.8 Å². The van der Waals surface area contributed by atoms with Crippen LogP contribution in [0.1, 0.15) is 25.0 Å². The summed E-state index contributed by atoms with van der Waals surface area (Å²) in [7, 11) is 1.68. The van der Waals surface area contributed by atoms with Gasteiger partial charge in [0.2, 0.25) is 0 Å². The molecule has 4 heteroatoms. The Morgan fingerprint density at radius 3 is 2.53 bits per heavy atom. The van der Waals surface area contributed by atoms with E-state index in [1.54, 1.807) is 33.2 Å². The van der Waals surface area contributed by atoms with Gasteiger partial charge in [0.1, 0.15) is 0 Å². The van der Waals surface area contributed by atoms with Gasteiger partial charge in [0.15, 0.2) is 0 Å². The van der Waals surface area contributed by atoms with E-state index in [1.165, 1.54) is 0 Å². The molecule has 0 aliphatic rings. The summed E-state index contributed by atoms with van der Waals surface area (Å²) in [5.74, 6) is 0. The van der Waals surface area contributed by atoms with Crippen molar-refractivity contribution in [2.24, 2.45) is 4.99 Å². The Labute approximate surface area is 98.2 Å². The highest BCUT2D eigenvalue weighted by atomic mass is 79.9.